The van der Waals surface area contributed by atoms with Crippen LogP contribution in [-0.2, 0) is 55.8 Å². The second-order valence-corrected chi connectivity index (χ2v) is 15.7. The molecule has 20 nitrogen and oxygen atoms in total. The molecule has 20 heteroatoms. The number of amides is 4. The zero-order valence-electron chi connectivity index (χ0n) is 42.2. The summed E-state index contributed by atoms with van der Waals surface area (Å²) in [5.41, 5.74) is 2.03. The topological polar surface area (TPSA) is 200 Å². The van der Waals surface area contributed by atoms with Crippen molar-refractivity contribution in [3.8, 4) is 11.5 Å². The monoisotopic (exact) mass is 984 g/mol. The lowest BCUT2D eigenvalue weighted by atomic mass is 10.1. The van der Waals surface area contributed by atoms with Crippen LogP contribution in [0.1, 0.15) is 62.9 Å². The minimum absolute atomic E-state index is 0.114. The van der Waals surface area contributed by atoms with Crippen LogP contribution < -0.4 is 9.47 Å². The maximum Gasteiger partial charge on any atom is 0.337 e. The SMILES string of the molecule is COCCN(CCOC)C(=O)c1cc(OCc2cc(COc3cc(C(=O)N(CCOC)CCOC)cc(C(=O)N(CCOC)CCOC)c3)cc(C(=O)OC)c2)cc(C(=O)N(CCOC)CCOC)c1. The van der Waals surface area contributed by atoms with Crippen LogP contribution in [0, 0.1) is 0 Å². The summed E-state index contributed by atoms with van der Waals surface area (Å²) in [6.45, 7) is 4.12. The smallest absolute Gasteiger partial charge is 0.337 e. The third-order valence-electron chi connectivity index (χ3n) is 10.8. The van der Waals surface area contributed by atoms with Crippen molar-refractivity contribution in [2.45, 2.75) is 13.2 Å². The van der Waals surface area contributed by atoms with Crippen LogP contribution in [0.4, 0.5) is 0 Å². The van der Waals surface area contributed by atoms with Crippen LogP contribution in [0.2, 0.25) is 0 Å². The Morgan fingerprint density at radius 2 is 0.571 bits per heavy atom. The molecule has 0 unspecified atom stereocenters. The number of carbonyl (C=O) groups is 5. The van der Waals surface area contributed by atoms with Crippen molar-refractivity contribution in [3.63, 3.8) is 0 Å². The summed E-state index contributed by atoms with van der Waals surface area (Å²) in [5, 5.41) is 0. The van der Waals surface area contributed by atoms with Gasteiger partial charge in [-0.05, 0) is 65.7 Å². The summed E-state index contributed by atoms with van der Waals surface area (Å²) >= 11 is 0. The first-order valence-electron chi connectivity index (χ1n) is 22.8. The van der Waals surface area contributed by atoms with Crippen LogP contribution in [0.25, 0.3) is 0 Å². The zero-order chi connectivity index (χ0) is 51.3. The molecule has 0 aromatic heterocycles. The highest BCUT2D eigenvalue weighted by atomic mass is 16.5. The van der Waals surface area contributed by atoms with Crippen LogP contribution in [-0.4, -0.2) is 218 Å². The maximum absolute atomic E-state index is 14.1. The van der Waals surface area contributed by atoms with E-state index in [9.17, 15) is 24.0 Å². The predicted molar refractivity (Wildman–Crippen MR) is 258 cm³/mol. The number of methoxy groups -OCH3 is 9. The van der Waals surface area contributed by atoms with Crippen molar-refractivity contribution in [1.82, 2.24) is 19.6 Å². The van der Waals surface area contributed by atoms with E-state index in [1.807, 2.05) is 0 Å². The average Bonchev–Trinajstić information content (AvgIpc) is 3.38. The Kier molecular flexibility index (Phi) is 27.6. The molecule has 388 valence electrons. The number of benzene rings is 3. The maximum atomic E-state index is 14.1. The van der Waals surface area contributed by atoms with Gasteiger partial charge in [-0.2, -0.15) is 0 Å². The van der Waals surface area contributed by atoms with Gasteiger partial charge in [-0.1, -0.05) is 0 Å². The summed E-state index contributed by atoms with van der Waals surface area (Å²) in [6.07, 6.45) is 0. The van der Waals surface area contributed by atoms with E-state index in [1.54, 1.807) is 119 Å². The lowest BCUT2D eigenvalue weighted by Gasteiger charge is -2.25. The lowest BCUT2D eigenvalue weighted by Crippen LogP contribution is -2.38. The molecule has 3 aromatic carbocycles. The van der Waals surface area contributed by atoms with E-state index in [1.165, 1.54) is 19.2 Å². The van der Waals surface area contributed by atoms with Crippen molar-refractivity contribution in [3.05, 3.63) is 93.5 Å². The van der Waals surface area contributed by atoms with Crippen LogP contribution in [0.3, 0.4) is 0 Å². The number of nitrogens with zero attached hydrogens (tertiary/aromatic N) is 4. The molecule has 0 bridgehead atoms. The Morgan fingerprint density at radius 3 is 0.786 bits per heavy atom. The minimum atomic E-state index is -0.622. The van der Waals surface area contributed by atoms with E-state index in [4.69, 9.17) is 52.1 Å². The predicted octanol–water partition coefficient (Wildman–Crippen LogP) is 3.57. The van der Waals surface area contributed by atoms with Gasteiger partial charge in [0, 0.05) is 131 Å². The van der Waals surface area contributed by atoms with E-state index >= 15 is 0 Å². The number of hydrogen-bond donors (Lipinski definition) is 0. The van der Waals surface area contributed by atoms with Crippen molar-refractivity contribution in [2.75, 3.05) is 169 Å². The van der Waals surface area contributed by atoms with E-state index in [0.29, 0.717) is 11.1 Å². The van der Waals surface area contributed by atoms with Gasteiger partial charge in [-0.15, -0.1) is 0 Å². The van der Waals surface area contributed by atoms with E-state index in [-0.39, 0.29) is 181 Å². The molecule has 0 heterocycles. The Labute approximate surface area is 411 Å². The molecule has 0 N–H and O–H groups in total. The number of rotatable bonds is 35. The minimum Gasteiger partial charge on any atom is -0.489 e. The van der Waals surface area contributed by atoms with Gasteiger partial charge in [-0.3, -0.25) is 19.2 Å². The van der Waals surface area contributed by atoms with Crippen molar-refractivity contribution < 1.29 is 76.1 Å². The number of esters is 1. The van der Waals surface area contributed by atoms with E-state index in [2.05, 4.69) is 0 Å². The van der Waals surface area contributed by atoms with Gasteiger partial charge >= 0.3 is 5.97 Å². The quantitative estimate of drug-likeness (QED) is 0.0775. The highest BCUT2D eigenvalue weighted by molar-refractivity contribution is 6.01. The highest BCUT2D eigenvalue weighted by Gasteiger charge is 2.25. The zero-order valence-corrected chi connectivity index (χ0v) is 42.2. The molecule has 0 spiro atoms. The Morgan fingerprint density at radius 1 is 0.329 bits per heavy atom. The molecule has 0 fully saturated rings. The molecule has 70 heavy (non-hydrogen) atoms. The Balaban J connectivity index is 2.09. The van der Waals surface area contributed by atoms with Crippen molar-refractivity contribution >= 4 is 29.6 Å². The van der Waals surface area contributed by atoms with Crippen molar-refractivity contribution in [1.29, 1.82) is 0 Å². The van der Waals surface area contributed by atoms with Gasteiger partial charge in [-0.25, -0.2) is 4.79 Å². The molecule has 0 saturated carbocycles. The van der Waals surface area contributed by atoms with Crippen LogP contribution in [0.15, 0.2) is 54.6 Å². The molecule has 0 radical (unpaired) electrons. The van der Waals surface area contributed by atoms with E-state index < -0.39 is 5.97 Å². The molecule has 3 rings (SSSR count). The van der Waals surface area contributed by atoms with Gasteiger partial charge in [0.15, 0.2) is 0 Å². The first-order chi connectivity index (χ1) is 33.9. The van der Waals surface area contributed by atoms with Crippen LogP contribution >= 0.6 is 0 Å². The molecule has 0 saturated heterocycles. The highest BCUT2D eigenvalue weighted by Crippen LogP contribution is 2.25. The molecule has 0 aliphatic heterocycles. The number of carbonyl (C=O) groups excluding carboxylic acids is 5. The molecular weight excluding hydrogens is 913 g/mol. The standard InChI is InChI=1S/C50H72N4O16/c1-60-18-10-51(11-19-61-2)46(55)39-29-40(47(56)52(12-20-62-3)13-21-63-4)32-44(31-39)69-35-37-26-38(28-43(27-37)50(59)68-9)36-70-45-33-41(48(57)53(14-22-64-5)15-23-65-6)30-42(34-45)49(58)54(16-24-66-7)17-25-67-8/h26-34H,10-25,35-36H2,1-9H3. The third-order valence-corrected chi connectivity index (χ3v) is 10.8. The summed E-state index contributed by atoms with van der Waals surface area (Å²) in [7, 11) is 13.6. The largest absolute Gasteiger partial charge is 0.489 e. The summed E-state index contributed by atoms with van der Waals surface area (Å²) in [5.74, 6) is -1.68. The van der Waals surface area contributed by atoms with Gasteiger partial charge < -0.3 is 71.7 Å². The normalized spacial score (nSPS) is 11.0. The molecule has 0 atom stereocenters. The third kappa shape index (κ3) is 19.2. The molecule has 0 aliphatic carbocycles. The fraction of sp³-hybridized carbons (Fsp3) is 0.540. The first-order valence-corrected chi connectivity index (χ1v) is 22.8. The lowest BCUT2D eigenvalue weighted by molar-refractivity contribution is 0.0595. The number of ether oxygens (including phenoxy) is 11. The molecular formula is C50H72N4O16. The van der Waals surface area contributed by atoms with Gasteiger partial charge in [0.2, 0.25) is 0 Å². The summed E-state index contributed by atoms with van der Waals surface area (Å²) in [6, 6.07) is 14.2. The number of hydrogen-bond acceptors (Lipinski definition) is 16. The fourth-order valence-corrected chi connectivity index (χ4v) is 6.96. The van der Waals surface area contributed by atoms with Gasteiger partial charge in [0.1, 0.15) is 24.7 Å². The Hall–Kier alpha value is -5.71. The average molecular weight is 985 g/mol. The second kappa shape index (κ2) is 33.0. The molecule has 0 aliphatic rings. The van der Waals surface area contributed by atoms with Gasteiger partial charge in [0.05, 0.1) is 65.5 Å². The summed E-state index contributed by atoms with van der Waals surface area (Å²) in [4.78, 5) is 75.6. The second-order valence-electron chi connectivity index (χ2n) is 15.7. The van der Waals surface area contributed by atoms with Gasteiger partial charge in [0.25, 0.3) is 23.6 Å². The van der Waals surface area contributed by atoms with Crippen LogP contribution in [0.5, 0.6) is 11.5 Å². The first kappa shape index (κ1) is 58.6. The molecule has 3 aromatic rings. The van der Waals surface area contributed by atoms with E-state index in [0.717, 1.165) is 0 Å². The van der Waals surface area contributed by atoms with Crippen molar-refractivity contribution in [2.24, 2.45) is 0 Å². The fourth-order valence-electron chi connectivity index (χ4n) is 6.96. The Bertz CT molecular complexity index is 1820. The molecule has 4 amide bonds. The summed E-state index contributed by atoms with van der Waals surface area (Å²) < 4.78 is 59.9.